The van der Waals surface area contributed by atoms with Crippen LogP contribution in [0.25, 0.3) is 16.7 Å². The Morgan fingerprint density at radius 1 is 1.21 bits per heavy atom. The minimum absolute atomic E-state index is 0.0442. The lowest BCUT2D eigenvalue weighted by atomic mass is 10.1. The molecule has 2 heterocycles. The van der Waals surface area contributed by atoms with Crippen molar-refractivity contribution >= 4 is 16.9 Å². The summed E-state index contributed by atoms with van der Waals surface area (Å²) in [6.07, 6.45) is 1.78. The fourth-order valence-electron chi connectivity index (χ4n) is 3.26. The number of pyridine rings is 1. The lowest BCUT2D eigenvalue weighted by Crippen LogP contribution is -2.30. The molecule has 29 heavy (non-hydrogen) atoms. The first-order valence-electron chi connectivity index (χ1n) is 10.2. The van der Waals surface area contributed by atoms with Gasteiger partial charge in [0.1, 0.15) is 0 Å². The maximum absolute atomic E-state index is 12.1. The summed E-state index contributed by atoms with van der Waals surface area (Å²) in [5.41, 5.74) is 4.94. The zero-order chi connectivity index (χ0) is 21.0. The molecule has 3 rings (SSSR count). The molecule has 2 aromatic heterocycles. The number of hydrogen-bond acceptors (Lipinski definition) is 4. The van der Waals surface area contributed by atoms with Crippen LogP contribution in [-0.2, 0) is 11.2 Å². The molecule has 1 N–H and O–H groups in total. The largest absolute Gasteiger partial charge is 0.468 e. The Morgan fingerprint density at radius 3 is 2.59 bits per heavy atom. The molecule has 0 saturated carbocycles. The van der Waals surface area contributed by atoms with Crippen molar-refractivity contribution < 1.29 is 9.53 Å². The lowest BCUT2D eigenvalue weighted by Gasteiger charge is -2.10. The molecule has 0 saturated heterocycles. The summed E-state index contributed by atoms with van der Waals surface area (Å²) in [6, 6.07) is 10.1. The molecule has 1 aromatic carbocycles. The number of carbonyl (C=O) groups is 1. The quantitative estimate of drug-likeness (QED) is 0.623. The second-order valence-electron chi connectivity index (χ2n) is 7.83. The molecule has 1 amide bonds. The lowest BCUT2D eigenvalue weighted by molar-refractivity contribution is -0.123. The van der Waals surface area contributed by atoms with Gasteiger partial charge in [0.25, 0.3) is 5.91 Å². The van der Waals surface area contributed by atoms with Crippen LogP contribution in [0.5, 0.6) is 5.88 Å². The molecule has 0 bridgehead atoms. The molecule has 0 atom stereocenters. The van der Waals surface area contributed by atoms with Gasteiger partial charge in [-0.1, -0.05) is 38.5 Å². The van der Waals surface area contributed by atoms with Crippen molar-refractivity contribution in [1.82, 2.24) is 20.1 Å². The molecular formula is C23H30N4O2. The van der Waals surface area contributed by atoms with Crippen LogP contribution < -0.4 is 10.1 Å². The maximum atomic E-state index is 12.1. The van der Waals surface area contributed by atoms with Crippen LogP contribution >= 0.6 is 0 Å². The fraction of sp³-hybridized carbons (Fsp3) is 0.435. The van der Waals surface area contributed by atoms with E-state index < -0.39 is 0 Å². The number of aryl methyl sites for hydroxylation is 3. The van der Waals surface area contributed by atoms with Crippen molar-refractivity contribution in [2.24, 2.45) is 5.92 Å². The molecule has 6 nitrogen and oxygen atoms in total. The van der Waals surface area contributed by atoms with Crippen LogP contribution in [0.4, 0.5) is 0 Å². The minimum Gasteiger partial charge on any atom is -0.468 e. The van der Waals surface area contributed by atoms with Crippen LogP contribution in [0.2, 0.25) is 0 Å². The summed E-state index contributed by atoms with van der Waals surface area (Å²) in [5, 5.41) is 8.64. The van der Waals surface area contributed by atoms with E-state index in [4.69, 9.17) is 9.84 Å². The number of carbonyl (C=O) groups excluding carboxylic acids is 1. The van der Waals surface area contributed by atoms with Gasteiger partial charge in [-0.05, 0) is 50.3 Å². The standard InChI is InChI=1S/C23H30N4O2/c1-6-18-13-21(29-14-20(28)24-12-11-15(2)3)25-23-22(18)17(5)26-27(23)19-9-7-16(4)8-10-19/h7-10,13,15H,6,11-12,14H2,1-5H3,(H,24,28). The SMILES string of the molecule is CCc1cc(OCC(=O)NCCC(C)C)nc2c1c(C)nn2-c1ccc(C)cc1. The van der Waals surface area contributed by atoms with Crippen molar-refractivity contribution in [2.45, 2.75) is 47.5 Å². The van der Waals surface area contributed by atoms with E-state index >= 15 is 0 Å². The van der Waals surface area contributed by atoms with E-state index in [1.807, 2.05) is 29.8 Å². The van der Waals surface area contributed by atoms with Gasteiger partial charge in [0.15, 0.2) is 12.3 Å². The van der Waals surface area contributed by atoms with Gasteiger partial charge in [-0.3, -0.25) is 4.79 Å². The Hall–Kier alpha value is -2.89. The van der Waals surface area contributed by atoms with E-state index in [-0.39, 0.29) is 12.5 Å². The number of amides is 1. The zero-order valence-corrected chi connectivity index (χ0v) is 18.0. The molecule has 0 radical (unpaired) electrons. The molecule has 3 aromatic rings. The highest BCUT2D eigenvalue weighted by Gasteiger charge is 2.16. The van der Waals surface area contributed by atoms with E-state index in [2.05, 4.69) is 50.1 Å². The fourth-order valence-corrected chi connectivity index (χ4v) is 3.26. The third kappa shape index (κ3) is 4.94. The van der Waals surface area contributed by atoms with Crippen LogP contribution in [-0.4, -0.2) is 33.8 Å². The van der Waals surface area contributed by atoms with E-state index in [9.17, 15) is 4.79 Å². The third-order valence-electron chi connectivity index (χ3n) is 4.93. The van der Waals surface area contributed by atoms with Crippen LogP contribution in [0, 0.1) is 19.8 Å². The van der Waals surface area contributed by atoms with Gasteiger partial charge in [0, 0.05) is 18.0 Å². The van der Waals surface area contributed by atoms with Gasteiger partial charge >= 0.3 is 0 Å². The first-order chi connectivity index (χ1) is 13.9. The second kappa shape index (κ2) is 9.07. The first-order valence-corrected chi connectivity index (χ1v) is 10.2. The summed E-state index contributed by atoms with van der Waals surface area (Å²) in [7, 11) is 0. The number of aromatic nitrogens is 3. The smallest absolute Gasteiger partial charge is 0.258 e. The molecule has 0 unspecified atom stereocenters. The molecule has 154 valence electrons. The van der Waals surface area contributed by atoms with E-state index in [1.165, 1.54) is 5.56 Å². The molecule has 0 fully saturated rings. The summed E-state index contributed by atoms with van der Waals surface area (Å²) in [6.45, 7) is 11.0. The number of nitrogens with one attached hydrogen (secondary N) is 1. The van der Waals surface area contributed by atoms with E-state index in [0.29, 0.717) is 18.3 Å². The summed E-state index contributed by atoms with van der Waals surface area (Å²) >= 11 is 0. The topological polar surface area (TPSA) is 69.0 Å². The summed E-state index contributed by atoms with van der Waals surface area (Å²) < 4.78 is 7.58. The minimum atomic E-state index is -0.131. The molecule has 0 spiro atoms. The van der Waals surface area contributed by atoms with Crippen molar-refractivity contribution in [1.29, 1.82) is 0 Å². The highest BCUT2D eigenvalue weighted by atomic mass is 16.5. The second-order valence-corrected chi connectivity index (χ2v) is 7.83. The monoisotopic (exact) mass is 394 g/mol. The molecule has 6 heteroatoms. The Labute approximate surface area is 172 Å². The normalized spacial score (nSPS) is 11.2. The average Bonchev–Trinajstić information content (AvgIpc) is 3.02. The number of rotatable bonds is 8. The predicted molar refractivity (Wildman–Crippen MR) is 116 cm³/mol. The Morgan fingerprint density at radius 2 is 1.93 bits per heavy atom. The summed E-state index contributed by atoms with van der Waals surface area (Å²) in [5.74, 6) is 0.869. The van der Waals surface area contributed by atoms with Gasteiger partial charge in [0.2, 0.25) is 5.88 Å². The molecule has 0 aliphatic rings. The number of hydrogen-bond donors (Lipinski definition) is 1. The number of ether oxygens (including phenoxy) is 1. The van der Waals surface area contributed by atoms with Gasteiger partial charge < -0.3 is 10.1 Å². The number of fused-ring (bicyclic) bond motifs is 1. The van der Waals surface area contributed by atoms with Crippen molar-refractivity contribution in [2.75, 3.05) is 13.2 Å². The van der Waals surface area contributed by atoms with Gasteiger partial charge in [-0.25, -0.2) is 4.68 Å². The highest BCUT2D eigenvalue weighted by Crippen LogP contribution is 2.27. The van der Waals surface area contributed by atoms with Crippen molar-refractivity contribution in [3.63, 3.8) is 0 Å². The van der Waals surface area contributed by atoms with Crippen LogP contribution in [0.3, 0.4) is 0 Å². The third-order valence-corrected chi connectivity index (χ3v) is 4.93. The first kappa shape index (κ1) is 20.8. The maximum Gasteiger partial charge on any atom is 0.258 e. The molecule has 0 aliphatic heterocycles. The Bertz CT molecular complexity index is 990. The van der Waals surface area contributed by atoms with E-state index in [0.717, 1.165) is 40.8 Å². The molecule has 0 aliphatic carbocycles. The van der Waals surface area contributed by atoms with Crippen molar-refractivity contribution in [3.8, 4) is 11.6 Å². The van der Waals surface area contributed by atoms with E-state index in [1.54, 1.807) is 0 Å². The number of nitrogens with zero attached hydrogens (tertiary/aromatic N) is 3. The summed E-state index contributed by atoms with van der Waals surface area (Å²) in [4.78, 5) is 16.7. The van der Waals surface area contributed by atoms with Gasteiger partial charge in [-0.2, -0.15) is 10.1 Å². The molecular weight excluding hydrogens is 364 g/mol. The Kier molecular flexibility index (Phi) is 6.52. The van der Waals surface area contributed by atoms with Crippen LogP contribution in [0.15, 0.2) is 30.3 Å². The zero-order valence-electron chi connectivity index (χ0n) is 18.0. The van der Waals surface area contributed by atoms with Crippen molar-refractivity contribution in [3.05, 3.63) is 47.2 Å². The Balaban J connectivity index is 1.86. The number of benzene rings is 1. The van der Waals surface area contributed by atoms with Crippen LogP contribution in [0.1, 0.15) is 44.0 Å². The van der Waals surface area contributed by atoms with Gasteiger partial charge in [-0.15, -0.1) is 0 Å². The highest BCUT2D eigenvalue weighted by molar-refractivity contribution is 5.84. The predicted octanol–water partition coefficient (Wildman–Crippen LogP) is 4.14. The van der Waals surface area contributed by atoms with Gasteiger partial charge in [0.05, 0.1) is 11.4 Å². The average molecular weight is 395 g/mol.